The Morgan fingerprint density at radius 3 is 1.20 bits per heavy atom. The fraction of sp³-hybridized carbons (Fsp3) is 0. The van der Waals surface area contributed by atoms with Crippen molar-refractivity contribution in [3.05, 3.63) is 20.2 Å². The zero-order valence-electron chi connectivity index (χ0n) is 9.00. The van der Waals surface area contributed by atoms with Gasteiger partial charge < -0.3 is 20.2 Å². The lowest BCUT2D eigenvalue weighted by atomic mass is 11.0. The minimum absolute atomic E-state index is 0.405. The van der Waals surface area contributed by atoms with Crippen molar-refractivity contribution in [3.8, 4) is 0 Å². The molecule has 2 aromatic heterocycles. The highest BCUT2D eigenvalue weighted by molar-refractivity contribution is 5.13. The second kappa shape index (κ2) is 5.29. The molecule has 2 heterocycles. The fourth-order valence-corrected chi connectivity index (χ4v) is 0.753. The third-order valence-electron chi connectivity index (χ3n) is 1.47. The molecule has 0 radical (unpaired) electrons. The number of aromatic nitrogens is 8. The molecular weight excluding hydrogens is 280 g/mol. The van der Waals surface area contributed by atoms with Gasteiger partial charge in [-0.25, -0.2) is 0 Å². The van der Waals surface area contributed by atoms with Crippen LogP contribution in [0.2, 0.25) is 0 Å². The molecule has 20 heavy (non-hydrogen) atoms. The van der Waals surface area contributed by atoms with E-state index in [1.807, 2.05) is 0 Å². The van der Waals surface area contributed by atoms with Gasteiger partial charge in [-0.3, -0.25) is 0 Å². The molecule has 16 nitrogen and oxygen atoms in total. The largest absolute Gasteiger partial charge is 0.513 e. The Balaban J connectivity index is 2.12. The van der Waals surface area contributed by atoms with Crippen LogP contribution in [0.5, 0.6) is 0 Å². The van der Waals surface area contributed by atoms with Crippen LogP contribution < -0.4 is 0 Å². The smallest absolute Gasteiger partial charge is 0.390 e. The molecule has 0 fully saturated rings. The van der Waals surface area contributed by atoms with Gasteiger partial charge in [0.2, 0.25) is 0 Å². The first-order valence-electron chi connectivity index (χ1n) is 4.41. The normalized spacial score (nSPS) is 10.6. The average molecular weight is 280 g/mol. The summed E-state index contributed by atoms with van der Waals surface area (Å²) in [6, 6.07) is 0. The van der Waals surface area contributed by atoms with Crippen LogP contribution in [0.15, 0.2) is 10.2 Å². The van der Waals surface area contributed by atoms with Crippen molar-refractivity contribution in [3.63, 3.8) is 0 Å². The van der Waals surface area contributed by atoms with Gasteiger partial charge in [0.05, 0.1) is 20.4 Å². The van der Waals surface area contributed by atoms with E-state index in [1.54, 1.807) is 0 Å². The van der Waals surface area contributed by atoms with Crippen molar-refractivity contribution < 1.29 is 9.85 Å². The van der Waals surface area contributed by atoms with Crippen molar-refractivity contribution in [1.82, 2.24) is 40.8 Å². The highest BCUT2D eigenvalue weighted by atomic mass is 16.6. The molecule has 0 unspecified atom stereocenters. The van der Waals surface area contributed by atoms with E-state index < -0.39 is 33.6 Å². The zero-order chi connectivity index (χ0) is 14.5. The summed E-state index contributed by atoms with van der Waals surface area (Å²) in [6.45, 7) is 0. The van der Waals surface area contributed by atoms with Gasteiger partial charge in [-0.15, -0.1) is 0 Å². The summed E-state index contributed by atoms with van der Waals surface area (Å²) in [5, 5.41) is 52.4. The molecule has 0 saturated heterocycles. The summed E-state index contributed by atoms with van der Waals surface area (Å²) >= 11 is 0. The van der Waals surface area contributed by atoms with Gasteiger partial charge in [0, 0.05) is 0 Å². The minimum atomic E-state index is -0.895. The highest BCUT2D eigenvalue weighted by Gasteiger charge is 2.14. The Morgan fingerprint density at radius 1 is 0.650 bits per heavy atom. The molecule has 0 aromatic carbocycles. The molecular formula is C4N12O4. The second-order valence-electron chi connectivity index (χ2n) is 2.71. The molecule has 0 aliphatic carbocycles. The van der Waals surface area contributed by atoms with E-state index in [-0.39, 0.29) is 0 Å². The van der Waals surface area contributed by atoms with E-state index in [0.29, 0.717) is 0 Å². The topological polar surface area (TPSA) is 214 Å². The standard InChI is InChI=1S/C4N12O4/c17-15(18)3-11-7-1(8-12-3)5-6-2-9-13-4(14-10-2)16(19)20. The highest BCUT2D eigenvalue weighted by Crippen LogP contribution is 2.08. The van der Waals surface area contributed by atoms with Crippen molar-refractivity contribution in [2.45, 2.75) is 0 Å². The first-order valence-corrected chi connectivity index (χ1v) is 4.41. The molecule has 0 bridgehead atoms. The van der Waals surface area contributed by atoms with Crippen LogP contribution in [0.3, 0.4) is 0 Å². The maximum absolute atomic E-state index is 10.2. The van der Waals surface area contributed by atoms with Crippen LogP contribution in [0.25, 0.3) is 0 Å². The third-order valence-corrected chi connectivity index (χ3v) is 1.47. The monoisotopic (exact) mass is 280 g/mol. The second-order valence-corrected chi connectivity index (χ2v) is 2.71. The quantitative estimate of drug-likeness (QED) is 0.377. The summed E-state index contributed by atoms with van der Waals surface area (Å²) in [6.07, 6.45) is 0. The molecule has 16 heteroatoms. The first kappa shape index (κ1) is 12.7. The molecule has 2 aromatic rings. The van der Waals surface area contributed by atoms with Crippen LogP contribution in [0.4, 0.5) is 23.8 Å². The minimum Gasteiger partial charge on any atom is -0.390 e. The average Bonchev–Trinajstić information content (AvgIpc) is 2.46. The van der Waals surface area contributed by atoms with Crippen LogP contribution in [-0.4, -0.2) is 50.6 Å². The number of azo groups is 1. The van der Waals surface area contributed by atoms with Crippen molar-refractivity contribution in [2.24, 2.45) is 10.2 Å². The van der Waals surface area contributed by atoms with E-state index in [0.717, 1.165) is 0 Å². The van der Waals surface area contributed by atoms with Gasteiger partial charge in [0.15, 0.2) is 0 Å². The van der Waals surface area contributed by atoms with Gasteiger partial charge in [-0.2, -0.15) is 0 Å². The lowest BCUT2D eigenvalue weighted by Gasteiger charge is -1.88. The zero-order valence-corrected chi connectivity index (χ0v) is 9.00. The summed E-state index contributed by atoms with van der Waals surface area (Å²) in [5.41, 5.74) is 0. The van der Waals surface area contributed by atoms with Gasteiger partial charge in [-0.1, -0.05) is 10.2 Å². The SMILES string of the molecule is O=[N+]([O-])c1nnc(N=Nc2nnc([N+](=O)[O-])nn2)nn1. The van der Waals surface area contributed by atoms with Crippen LogP contribution >= 0.6 is 0 Å². The van der Waals surface area contributed by atoms with Crippen molar-refractivity contribution >= 4 is 23.8 Å². The number of nitrogens with zero attached hydrogens (tertiary/aromatic N) is 12. The molecule has 0 amide bonds. The van der Waals surface area contributed by atoms with Crippen molar-refractivity contribution in [2.75, 3.05) is 0 Å². The molecule has 0 atom stereocenters. The third kappa shape index (κ3) is 2.94. The predicted molar refractivity (Wildman–Crippen MR) is 52.7 cm³/mol. The Kier molecular flexibility index (Phi) is 3.36. The summed E-state index contributed by atoms with van der Waals surface area (Å²) < 4.78 is 0. The lowest BCUT2D eigenvalue weighted by Crippen LogP contribution is -2.00. The van der Waals surface area contributed by atoms with Crippen molar-refractivity contribution in [1.29, 1.82) is 0 Å². The molecule has 2 rings (SSSR count). The van der Waals surface area contributed by atoms with Crippen LogP contribution in [0.1, 0.15) is 0 Å². The molecule has 0 spiro atoms. The Bertz CT molecular complexity index is 605. The number of hydrogen-bond acceptors (Lipinski definition) is 14. The molecule has 0 aliphatic rings. The maximum Gasteiger partial charge on any atom is 0.513 e. The molecule has 0 aliphatic heterocycles. The van der Waals surface area contributed by atoms with Gasteiger partial charge in [0.1, 0.15) is 0 Å². The summed E-state index contributed by atoms with van der Waals surface area (Å²) in [4.78, 5) is 18.7. The van der Waals surface area contributed by atoms with Crippen LogP contribution in [-0.2, 0) is 0 Å². The number of nitro groups is 2. The van der Waals surface area contributed by atoms with Gasteiger partial charge in [-0.05, 0) is 30.2 Å². The van der Waals surface area contributed by atoms with E-state index in [9.17, 15) is 20.2 Å². The van der Waals surface area contributed by atoms with Gasteiger partial charge >= 0.3 is 23.8 Å². The molecule has 0 N–H and O–H groups in total. The molecule has 100 valence electrons. The lowest BCUT2D eigenvalue weighted by molar-refractivity contribution is -0.395. The Labute approximate surface area is 106 Å². The summed E-state index contributed by atoms with van der Waals surface area (Å²) in [7, 11) is 0. The number of hydrogen-bond donors (Lipinski definition) is 0. The predicted octanol–water partition coefficient (Wildman–Crippen LogP) is -0.922. The molecule has 0 saturated carbocycles. The fourth-order valence-electron chi connectivity index (χ4n) is 0.753. The van der Waals surface area contributed by atoms with E-state index >= 15 is 0 Å². The Hall–Kier alpha value is -3.72. The maximum atomic E-state index is 10.2. The van der Waals surface area contributed by atoms with E-state index in [2.05, 4.69) is 51.0 Å². The summed E-state index contributed by atoms with van der Waals surface area (Å²) in [5.74, 6) is -2.42. The number of rotatable bonds is 4. The van der Waals surface area contributed by atoms with Gasteiger partial charge in [0.25, 0.3) is 0 Å². The first-order chi connectivity index (χ1) is 9.56. The van der Waals surface area contributed by atoms with E-state index in [4.69, 9.17) is 0 Å². The van der Waals surface area contributed by atoms with E-state index in [1.165, 1.54) is 0 Å². The van der Waals surface area contributed by atoms with Crippen LogP contribution in [0, 0.1) is 20.2 Å². The Morgan fingerprint density at radius 2 is 0.950 bits per heavy atom.